The van der Waals surface area contributed by atoms with E-state index in [0.29, 0.717) is 6.42 Å². The predicted molar refractivity (Wildman–Crippen MR) is 82.3 cm³/mol. The summed E-state index contributed by atoms with van der Waals surface area (Å²) in [6.45, 7) is 2.11. The maximum Gasteiger partial charge on any atom is 0.228 e. The monoisotopic (exact) mass is 317 g/mol. The van der Waals surface area contributed by atoms with E-state index in [1.807, 2.05) is 48.5 Å². The molecule has 98 valence electrons. The standard InChI is InChI=1S/C16H16BrNO/c1-2-12-7-9-14(10-8-12)18-16(19)11-13-5-3-4-6-15(13)17/h3-10H,2,11H2,1H3,(H,18,19). The lowest BCUT2D eigenvalue weighted by Gasteiger charge is -2.07. The van der Waals surface area contributed by atoms with Crippen LogP contribution in [0.2, 0.25) is 0 Å². The lowest BCUT2D eigenvalue weighted by atomic mass is 10.1. The highest BCUT2D eigenvalue weighted by Gasteiger charge is 2.06. The fourth-order valence-corrected chi connectivity index (χ4v) is 2.27. The predicted octanol–water partition coefficient (Wildman–Crippen LogP) is 4.19. The average Bonchev–Trinajstić information content (AvgIpc) is 2.42. The van der Waals surface area contributed by atoms with Gasteiger partial charge in [-0.1, -0.05) is 53.2 Å². The maximum absolute atomic E-state index is 12.0. The zero-order valence-corrected chi connectivity index (χ0v) is 12.4. The number of hydrogen-bond acceptors (Lipinski definition) is 1. The zero-order chi connectivity index (χ0) is 13.7. The van der Waals surface area contributed by atoms with Gasteiger partial charge in [-0.25, -0.2) is 0 Å². The largest absolute Gasteiger partial charge is 0.326 e. The Labute approximate surface area is 122 Å². The number of benzene rings is 2. The second kappa shape index (κ2) is 6.53. The van der Waals surface area contributed by atoms with Crippen molar-refractivity contribution in [2.75, 3.05) is 5.32 Å². The molecule has 0 fully saturated rings. The molecule has 0 aliphatic heterocycles. The van der Waals surface area contributed by atoms with E-state index in [9.17, 15) is 4.79 Å². The van der Waals surface area contributed by atoms with Crippen LogP contribution >= 0.6 is 15.9 Å². The van der Waals surface area contributed by atoms with Crippen LogP contribution in [-0.2, 0) is 17.6 Å². The molecule has 0 saturated carbocycles. The molecule has 0 aromatic heterocycles. The van der Waals surface area contributed by atoms with Crippen molar-refractivity contribution >= 4 is 27.5 Å². The Bertz CT molecular complexity index is 563. The van der Waals surface area contributed by atoms with Crippen molar-refractivity contribution < 1.29 is 4.79 Å². The van der Waals surface area contributed by atoms with E-state index >= 15 is 0 Å². The summed E-state index contributed by atoms with van der Waals surface area (Å²) in [7, 11) is 0. The number of hydrogen-bond donors (Lipinski definition) is 1. The van der Waals surface area contributed by atoms with Crippen LogP contribution in [0.15, 0.2) is 53.0 Å². The van der Waals surface area contributed by atoms with Crippen molar-refractivity contribution in [2.45, 2.75) is 19.8 Å². The van der Waals surface area contributed by atoms with Gasteiger partial charge in [0.05, 0.1) is 6.42 Å². The molecule has 0 aliphatic rings. The van der Waals surface area contributed by atoms with Crippen LogP contribution < -0.4 is 5.32 Å². The molecule has 0 heterocycles. The number of amides is 1. The van der Waals surface area contributed by atoms with Crippen LogP contribution in [0.4, 0.5) is 5.69 Å². The molecule has 0 spiro atoms. The number of rotatable bonds is 4. The Kier molecular flexibility index (Phi) is 4.74. The summed E-state index contributed by atoms with van der Waals surface area (Å²) in [5.74, 6) is -0.00357. The van der Waals surface area contributed by atoms with E-state index in [1.165, 1.54) is 5.56 Å². The van der Waals surface area contributed by atoms with Crippen LogP contribution in [0.5, 0.6) is 0 Å². The van der Waals surface area contributed by atoms with Gasteiger partial charge in [-0.2, -0.15) is 0 Å². The minimum atomic E-state index is -0.00357. The molecule has 3 heteroatoms. The van der Waals surface area contributed by atoms with Gasteiger partial charge in [0.2, 0.25) is 5.91 Å². The first kappa shape index (κ1) is 13.8. The molecule has 2 rings (SSSR count). The molecule has 2 aromatic rings. The Morgan fingerprint density at radius 1 is 1.11 bits per heavy atom. The lowest BCUT2D eigenvalue weighted by molar-refractivity contribution is -0.115. The van der Waals surface area contributed by atoms with Gasteiger partial charge in [0.15, 0.2) is 0 Å². The van der Waals surface area contributed by atoms with Gasteiger partial charge in [0, 0.05) is 10.2 Å². The van der Waals surface area contributed by atoms with Gasteiger partial charge in [-0.3, -0.25) is 4.79 Å². The molecular formula is C16H16BrNO. The van der Waals surface area contributed by atoms with E-state index in [1.54, 1.807) is 0 Å². The number of carbonyl (C=O) groups is 1. The number of nitrogens with one attached hydrogen (secondary N) is 1. The van der Waals surface area contributed by atoms with Gasteiger partial charge >= 0.3 is 0 Å². The summed E-state index contributed by atoms with van der Waals surface area (Å²) >= 11 is 3.45. The normalized spacial score (nSPS) is 10.2. The highest BCUT2D eigenvalue weighted by Crippen LogP contribution is 2.17. The summed E-state index contributed by atoms with van der Waals surface area (Å²) in [5, 5.41) is 2.91. The second-order valence-corrected chi connectivity index (χ2v) is 5.22. The van der Waals surface area contributed by atoms with Crippen LogP contribution in [0, 0.1) is 0 Å². The Balaban J connectivity index is 1.99. The molecule has 0 radical (unpaired) electrons. The molecule has 0 atom stereocenters. The van der Waals surface area contributed by atoms with Crippen LogP contribution in [0.25, 0.3) is 0 Å². The van der Waals surface area contributed by atoms with E-state index in [0.717, 1.165) is 22.1 Å². The first-order chi connectivity index (χ1) is 9.19. The van der Waals surface area contributed by atoms with Crippen LogP contribution in [-0.4, -0.2) is 5.91 Å². The van der Waals surface area contributed by atoms with E-state index in [2.05, 4.69) is 28.2 Å². The lowest BCUT2D eigenvalue weighted by Crippen LogP contribution is -2.14. The maximum atomic E-state index is 12.0. The van der Waals surface area contributed by atoms with Crippen molar-refractivity contribution in [1.82, 2.24) is 0 Å². The van der Waals surface area contributed by atoms with Gasteiger partial charge in [0.1, 0.15) is 0 Å². The van der Waals surface area contributed by atoms with Gasteiger partial charge in [-0.05, 0) is 35.7 Å². The summed E-state index contributed by atoms with van der Waals surface area (Å²) in [5.41, 5.74) is 3.10. The molecule has 1 amide bonds. The number of anilines is 1. The van der Waals surface area contributed by atoms with Gasteiger partial charge in [-0.15, -0.1) is 0 Å². The van der Waals surface area contributed by atoms with E-state index in [-0.39, 0.29) is 5.91 Å². The topological polar surface area (TPSA) is 29.1 Å². The fraction of sp³-hybridized carbons (Fsp3) is 0.188. The molecule has 19 heavy (non-hydrogen) atoms. The molecular weight excluding hydrogens is 302 g/mol. The Morgan fingerprint density at radius 2 is 1.79 bits per heavy atom. The Morgan fingerprint density at radius 3 is 2.42 bits per heavy atom. The summed E-state index contributed by atoms with van der Waals surface area (Å²) in [6, 6.07) is 15.7. The quantitative estimate of drug-likeness (QED) is 0.900. The van der Waals surface area contributed by atoms with E-state index < -0.39 is 0 Å². The van der Waals surface area contributed by atoms with Crippen LogP contribution in [0.1, 0.15) is 18.1 Å². The zero-order valence-electron chi connectivity index (χ0n) is 10.8. The molecule has 1 N–H and O–H groups in total. The Hall–Kier alpha value is -1.61. The number of halogens is 1. The van der Waals surface area contributed by atoms with Crippen molar-refractivity contribution in [2.24, 2.45) is 0 Å². The first-order valence-electron chi connectivity index (χ1n) is 6.31. The minimum absolute atomic E-state index is 0.00357. The minimum Gasteiger partial charge on any atom is -0.326 e. The summed E-state index contributed by atoms with van der Waals surface area (Å²) in [4.78, 5) is 12.0. The molecule has 0 bridgehead atoms. The number of aryl methyl sites for hydroxylation is 1. The van der Waals surface area contributed by atoms with Crippen molar-refractivity contribution in [3.63, 3.8) is 0 Å². The highest BCUT2D eigenvalue weighted by atomic mass is 79.9. The van der Waals surface area contributed by atoms with Gasteiger partial charge in [0.25, 0.3) is 0 Å². The van der Waals surface area contributed by atoms with Gasteiger partial charge < -0.3 is 5.32 Å². The van der Waals surface area contributed by atoms with Crippen molar-refractivity contribution in [3.8, 4) is 0 Å². The third-order valence-corrected chi connectivity index (χ3v) is 3.73. The molecule has 2 nitrogen and oxygen atoms in total. The second-order valence-electron chi connectivity index (χ2n) is 4.37. The smallest absolute Gasteiger partial charge is 0.228 e. The average molecular weight is 318 g/mol. The molecule has 2 aromatic carbocycles. The highest BCUT2D eigenvalue weighted by molar-refractivity contribution is 9.10. The fourth-order valence-electron chi connectivity index (χ4n) is 1.84. The third kappa shape index (κ3) is 3.93. The first-order valence-corrected chi connectivity index (χ1v) is 7.10. The van der Waals surface area contributed by atoms with Crippen molar-refractivity contribution in [3.05, 3.63) is 64.1 Å². The summed E-state index contributed by atoms with van der Waals surface area (Å²) < 4.78 is 0.964. The molecule has 0 saturated heterocycles. The molecule has 0 unspecified atom stereocenters. The number of carbonyl (C=O) groups excluding carboxylic acids is 1. The SMILES string of the molecule is CCc1ccc(NC(=O)Cc2ccccc2Br)cc1. The summed E-state index contributed by atoms with van der Waals surface area (Å²) in [6.07, 6.45) is 1.38. The van der Waals surface area contributed by atoms with Crippen LogP contribution in [0.3, 0.4) is 0 Å². The van der Waals surface area contributed by atoms with Crippen molar-refractivity contribution in [1.29, 1.82) is 0 Å². The van der Waals surface area contributed by atoms with E-state index in [4.69, 9.17) is 0 Å². The third-order valence-electron chi connectivity index (χ3n) is 2.95. The molecule has 0 aliphatic carbocycles.